The van der Waals surface area contributed by atoms with Gasteiger partial charge in [0.15, 0.2) is 0 Å². The van der Waals surface area contributed by atoms with E-state index < -0.39 is 0 Å². The van der Waals surface area contributed by atoms with Crippen LogP contribution in [0, 0.1) is 6.92 Å². The fourth-order valence-corrected chi connectivity index (χ4v) is 8.39. The molecule has 0 unspecified atom stereocenters. The van der Waals surface area contributed by atoms with Crippen LogP contribution in [-0.4, -0.2) is 6.71 Å². The van der Waals surface area contributed by atoms with Crippen molar-refractivity contribution in [2.24, 2.45) is 0 Å². The molecule has 0 radical (unpaired) electrons. The van der Waals surface area contributed by atoms with Crippen molar-refractivity contribution < 1.29 is 9.47 Å². The van der Waals surface area contributed by atoms with E-state index in [9.17, 15) is 0 Å². The summed E-state index contributed by atoms with van der Waals surface area (Å²) in [6, 6.07) is 55.1. The summed E-state index contributed by atoms with van der Waals surface area (Å²) < 4.78 is 13.5. The second kappa shape index (κ2) is 11.5. The van der Waals surface area contributed by atoms with Crippen molar-refractivity contribution in [3.63, 3.8) is 0 Å². The quantitative estimate of drug-likeness (QED) is 0.139. The number of ether oxygens (including phenoxy) is 2. The molecule has 0 aromatic heterocycles. The Labute approximate surface area is 299 Å². The van der Waals surface area contributed by atoms with Crippen molar-refractivity contribution in [1.82, 2.24) is 0 Å². The first-order valence-corrected chi connectivity index (χ1v) is 17.9. The first-order valence-electron chi connectivity index (χ1n) is 17.9. The van der Waals surface area contributed by atoms with E-state index in [4.69, 9.17) is 9.47 Å². The van der Waals surface area contributed by atoms with Crippen LogP contribution in [0.25, 0.3) is 54.9 Å². The Bertz CT molecular complexity index is 2620. The normalized spacial score (nSPS) is 12.7. The predicted molar refractivity (Wildman–Crippen MR) is 214 cm³/mol. The third-order valence-corrected chi connectivity index (χ3v) is 10.8. The second-order valence-corrected chi connectivity index (χ2v) is 14.3. The minimum atomic E-state index is 0.0519. The average Bonchev–Trinajstić information content (AvgIpc) is 3.16. The second-order valence-electron chi connectivity index (χ2n) is 14.3. The smallest absolute Gasteiger partial charge is 0.260 e. The Balaban J connectivity index is 1.21. The number of aryl methyl sites for hydroxylation is 1. The Morgan fingerprint density at radius 3 is 1.61 bits per heavy atom. The van der Waals surface area contributed by atoms with Gasteiger partial charge in [-0.1, -0.05) is 141 Å². The molecule has 0 fully saturated rings. The lowest BCUT2D eigenvalue weighted by Gasteiger charge is -2.33. The van der Waals surface area contributed by atoms with Gasteiger partial charge in [0.2, 0.25) is 0 Å². The minimum Gasteiger partial charge on any atom is -0.458 e. The van der Waals surface area contributed by atoms with Crippen molar-refractivity contribution >= 4 is 44.6 Å². The molecule has 0 amide bonds. The summed E-state index contributed by atoms with van der Waals surface area (Å²) in [7, 11) is 0. The van der Waals surface area contributed by atoms with Crippen LogP contribution in [0.1, 0.15) is 30.9 Å². The monoisotopic (exact) mass is 654 g/mol. The Morgan fingerprint density at radius 1 is 0.431 bits per heavy atom. The molecule has 0 aliphatic carbocycles. The topological polar surface area (TPSA) is 18.5 Å². The lowest BCUT2D eigenvalue weighted by molar-refractivity contribution is 0.465. The van der Waals surface area contributed by atoms with E-state index in [1.807, 2.05) is 0 Å². The van der Waals surface area contributed by atoms with Crippen molar-refractivity contribution in [3.8, 4) is 56.4 Å². The van der Waals surface area contributed by atoms with E-state index in [1.165, 1.54) is 65.9 Å². The molecule has 2 nitrogen and oxygen atoms in total. The molecule has 242 valence electrons. The highest BCUT2D eigenvalue weighted by Crippen LogP contribution is 2.46. The van der Waals surface area contributed by atoms with Gasteiger partial charge in [-0.05, 0) is 115 Å². The van der Waals surface area contributed by atoms with E-state index in [0.29, 0.717) is 5.92 Å². The third kappa shape index (κ3) is 4.72. The van der Waals surface area contributed by atoms with Crippen LogP contribution in [0.2, 0.25) is 0 Å². The Morgan fingerprint density at radius 2 is 0.961 bits per heavy atom. The van der Waals surface area contributed by atoms with Crippen molar-refractivity contribution in [2.45, 2.75) is 26.7 Å². The number of hydrogen-bond acceptors (Lipinski definition) is 2. The maximum absolute atomic E-state index is 6.74. The minimum absolute atomic E-state index is 0.0519. The zero-order chi connectivity index (χ0) is 34.2. The first-order chi connectivity index (χ1) is 25.0. The van der Waals surface area contributed by atoms with Gasteiger partial charge < -0.3 is 9.47 Å². The molecule has 0 saturated heterocycles. The van der Waals surface area contributed by atoms with Crippen LogP contribution >= 0.6 is 0 Å². The van der Waals surface area contributed by atoms with Gasteiger partial charge >= 0.3 is 0 Å². The third-order valence-electron chi connectivity index (χ3n) is 10.8. The molecule has 8 aromatic rings. The van der Waals surface area contributed by atoms with Gasteiger partial charge in [0, 0.05) is 5.46 Å². The summed E-state index contributed by atoms with van der Waals surface area (Å²) in [5.74, 6) is 3.86. The van der Waals surface area contributed by atoms with Crippen LogP contribution in [0.3, 0.4) is 0 Å². The Kier molecular flexibility index (Phi) is 6.73. The zero-order valence-electron chi connectivity index (χ0n) is 28.9. The summed E-state index contributed by atoms with van der Waals surface area (Å²) >= 11 is 0. The van der Waals surface area contributed by atoms with E-state index in [0.717, 1.165) is 39.6 Å². The number of hydrogen-bond donors (Lipinski definition) is 0. The molecular weight excluding hydrogens is 619 g/mol. The van der Waals surface area contributed by atoms with Crippen molar-refractivity contribution in [2.75, 3.05) is 0 Å². The zero-order valence-corrected chi connectivity index (χ0v) is 28.9. The molecule has 3 heteroatoms. The molecular formula is C48H35BO2. The molecule has 0 bridgehead atoms. The molecule has 2 aliphatic heterocycles. The maximum Gasteiger partial charge on any atom is 0.260 e. The summed E-state index contributed by atoms with van der Waals surface area (Å²) in [5.41, 5.74) is 13.2. The Hall–Kier alpha value is -6.06. The lowest BCUT2D eigenvalue weighted by atomic mass is 9.34. The molecule has 2 heterocycles. The van der Waals surface area contributed by atoms with Gasteiger partial charge in [-0.2, -0.15) is 0 Å². The molecule has 0 saturated carbocycles. The van der Waals surface area contributed by atoms with E-state index in [2.05, 4.69) is 172 Å². The van der Waals surface area contributed by atoms with Crippen LogP contribution in [0.4, 0.5) is 0 Å². The summed E-state index contributed by atoms with van der Waals surface area (Å²) in [4.78, 5) is 0. The lowest BCUT2D eigenvalue weighted by Crippen LogP contribution is -2.57. The molecule has 51 heavy (non-hydrogen) atoms. The highest BCUT2D eigenvalue weighted by Gasteiger charge is 2.40. The van der Waals surface area contributed by atoms with Crippen LogP contribution < -0.4 is 25.9 Å². The average molecular weight is 655 g/mol. The van der Waals surface area contributed by atoms with E-state index in [-0.39, 0.29) is 6.71 Å². The van der Waals surface area contributed by atoms with Gasteiger partial charge in [-0.25, -0.2) is 0 Å². The van der Waals surface area contributed by atoms with Gasteiger partial charge in [0.1, 0.15) is 23.0 Å². The molecule has 8 aromatic carbocycles. The van der Waals surface area contributed by atoms with Crippen LogP contribution in [-0.2, 0) is 0 Å². The van der Waals surface area contributed by atoms with Crippen molar-refractivity contribution in [3.05, 3.63) is 163 Å². The highest BCUT2D eigenvalue weighted by molar-refractivity contribution is 6.98. The highest BCUT2D eigenvalue weighted by atomic mass is 16.5. The van der Waals surface area contributed by atoms with Gasteiger partial charge in [-0.3, -0.25) is 0 Å². The molecule has 0 N–H and O–H groups in total. The molecule has 2 aliphatic rings. The molecule has 10 rings (SSSR count). The largest absolute Gasteiger partial charge is 0.458 e. The number of para-hydroxylation sites is 1. The molecule has 0 atom stereocenters. The fraction of sp³-hybridized carbons (Fsp3) is 0.0833. The fourth-order valence-electron chi connectivity index (χ4n) is 8.39. The predicted octanol–water partition coefficient (Wildman–Crippen LogP) is 11.2. The standard InChI is InChI=1S/C48H35BO2/c1-29(2)32-24-33(34-27-44-48-45(28-34)51-43-22-21-30(3)23-41(43)49(48)40-19-11-12-20-42(40)50-44)26-35(25-32)47-38-17-9-7-15-36(38)46(31-13-5-4-6-14-31)37-16-8-10-18-39(37)47/h4-29H,1-3H3. The van der Waals surface area contributed by atoms with Gasteiger partial charge in [-0.15, -0.1) is 0 Å². The first kappa shape index (κ1) is 29.8. The number of rotatable bonds is 4. The maximum atomic E-state index is 6.74. The SMILES string of the molecule is Cc1ccc2c(c1)B1c3ccccc3Oc3cc(-c4cc(-c5c6ccccc6c(-c6ccccc6)c6ccccc56)cc(C(C)C)c4)cc(c31)O2. The van der Waals surface area contributed by atoms with E-state index >= 15 is 0 Å². The molecule has 0 spiro atoms. The van der Waals surface area contributed by atoms with Crippen molar-refractivity contribution in [1.29, 1.82) is 0 Å². The summed E-state index contributed by atoms with van der Waals surface area (Å²) in [6.07, 6.45) is 0. The van der Waals surface area contributed by atoms with Crippen LogP contribution in [0.15, 0.2) is 152 Å². The summed E-state index contributed by atoms with van der Waals surface area (Å²) in [6.45, 7) is 6.75. The number of benzene rings is 8. The van der Waals surface area contributed by atoms with Gasteiger partial charge in [0.25, 0.3) is 6.71 Å². The summed E-state index contributed by atoms with van der Waals surface area (Å²) in [5, 5.41) is 5.01. The van der Waals surface area contributed by atoms with Gasteiger partial charge in [0.05, 0.1) is 0 Å². The van der Waals surface area contributed by atoms with Crippen LogP contribution in [0.5, 0.6) is 23.0 Å². The number of fused-ring (bicyclic) bond motifs is 6. The van der Waals surface area contributed by atoms with E-state index in [1.54, 1.807) is 0 Å².